The van der Waals surface area contributed by atoms with Crippen molar-refractivity contribution in [2.24, 2.45) is 0 Å². The van der Waals surface area contributed by atoms with E-state index >= 15 is 0 Å². The van der Waals surface area contributed by atoms with Gasteiger partial charge in [0.15, 0.2) is 6.29 Å². The van der Waals surface area contributed by atoms with Gasteiger partial charge in [-0.2, -0.15) is 0 Å². The van der Waals surface area contributed by atoms with Crippen LogP contribution in [0.25, 0.3) is 0 Å². The first-order valence-corrected chi connectivity index (χ1v) is 5.63. The van der Waals surface area contributed by atoms with Crippen molar-refractivity contribution in [3.63, 3.8) is 0 Å². The Morgan fingerprint density at radius 3 is 2.77 bits per heavy atom. The molecule has 1 aliphatic rings. The molecule has 0 amide bonds. The van der Waals surface area contributed by atoms with E-state index in [4.69, 9.17) is 9.47 Å². The number of hydrogen-bond acceptors (Lipinski definition) is 2. The molecule has 0 radical (unpaired) electrons. The van der Waals surface area contributed by atoms with Crippen LogP contribution in [0.5, 0.6) is 0 Å². The molecule has 78 valence electrons. The predicted octanol–water partition coefficient (Wildman–Crippen LogP) is 3.11. The maximum Gasteiger partial charge on any atom is 0.157 e. The van der Waals surface area contributed by atoms with E-state index in [0.29, 0.717) is 6.10 Å². The highest BCUT2D eigenvalue weighted by atomic mass is 16.7. The lowest BCUT2D eigenvalue weighted by Gasteiger charge is -2.29. The Morgan fingerprint density at radius 2 is 2.08 bits per heavy atom. The molecule has 2 nitrogen and oxygen atoms in total. The Balaban J connectivity index is 2.11. The third kappa shape index (κ3) is 4.10. The van der Waals surface area contributed by atoms with Gasteiger partial charge in [-0.25, -0.2) is 0 Å². The minimum absolute atomic E-state index is 0.0698. The number of unbranched alkanes of at least 4 members (excludes halogenated alkanes) is 2. The van der Waals surface area contributed by atoms with Crippen LogP contribution < -0.4 is 0 Å². The van der Waals surface area contributed by atoms with Crippen LogP contribution in [0.3, 0.4) is 0 Å². The van der Waals surface area contributed by atoms with E-state index in [1.807, 2.05) is 0 Å². The highest BCUT2D eigenvalue weighted by Gasteiger charge is 2.20. The Hall–Kier alpha value is -0.0800. The molecule has 1 fully saturated rings. The van der Waals surface area contributed by atoms with Crippen molar-refractivity contribution in [1.82, 2.24) is 0 Å². The van der Waals surface area contributed by atoms with Gasteiger partial charge in [-0.1, -0.05) is 33.1 Å². The van der Waals surface area contributed by atoms with E-state index in [1.165, 1.54) is 25.7 Å². The largest absolute Gasteiger partial charge is 0.353 e. The van der Waals surface area contributed by atoms with Crippen LogP contribution in [-0.2, 0) is 9.47 Å². The third-order valence-electron chi connectivity index (χ3n) is 2.55. The van der Waals surface area contributed by atoms with E-state index in [9.17, 15) is 0 Å². The average Bonchev–Trinajstić information content (AvgIpc) is 2.19. The standard InChI is InChI=1S/C11H22O2/c1-3-5-6-7-10-8-9-12-11(4-2)13-10/h10-11H,3-9H2,1-2H3/t10-,11-/m1/s1. The van der Waals surface area contributed by atoms with Gasteiger partial charge in [0.05, 0.1) is 12.7 Å². The zero-order chi connectivity index (χ0) is 9.52. The minimum Gasteiger partial charge on any atom is -0.353 e. The van der Waals surface area contributed by atoms with Crippen molar-refractivity contribution in [2.45, 2.75) is 64.8 Å². The van der Waals surface area contributed by atoms with Gasteiger partial charge in [-0.3, -0.25) is 0 Å². The summed E-state index contributed by atoms with van der Waals surface area (Å²) in [6.07, 6.45) is 7.74. The molecular formula is C11H22O2. The smallest absolute Gasteiger partial charge is 0.157 e. The molecule has 1 saturated heterocycles. The summed E-state index contributed by atoms with van der Waals surface area (Å²) in [6.45, 7) is 5.23. The quantitative estimate of drug-likeness (QED) is 0.614. The number of rotatable bonds is 5. The fourth-order valence-electron chi connectivity index (χ4n) is 1.70. The molecular weight excluding hydrogens is 164 g/mol. The van der Waals surface area contributed by atoms with Gasteiger partial charge in [0.25, 0.3) is 0 Å². The molecule has 0 aromatic carbocycles. The van der Waals surface area contributed by atoms with Gasteiger partial charge >= 0.3 is 0 Å². The van der Waals surface area contributed by atoms with Crippen LogP contribution in [0.1, 0.15) is 52.4 Å². The van der Waals surface area contributed by atoms with Gasteiger partial charge in [-0.15, -0.1) is 0 Å². The summed E-state index contributed by atoms with van der Waals surface area (Å²) >= 11 is 0. The summed E-state index contributed by atoms with van der Waals surface area (Å²) in [5.41, 5.74) is 0. The molecule has 2 heteroatoms. The average molecular weight is 186 g/mol. The molecule has 0 saturated carbocycles. The lowest BCUT2D eigenvalue weighted by atomic mass is 10.1. The normalized spacial score (nSPS) is 29.1. The second-order valence-corrected chi connectivity index (χ2v) is 3.75. The maximum atomic E-state index is 5.76. The Bertz CT molecular complexity index is 125. The monoisotopic (exact) mass is 186 g/mol. The fourth-order valence-corrected chi connectivity index (χ4v) is 1.70. The van der Waals surface area contributed by atoms with Crippen molar-refractivity contribution in [3.8, 4) is 0 Å². The first-order chi connectivity index (χ1) is 6.36. The molecule has 0 aromatic heterocycles. The summed E-state index contributed by atoms with van der Waals surface area (Å²) in [7, 11) is 0. The molecule has 0 bridgehead atoms. The first-order valence-electron chi connectivity index (χ1n) is 5.63. The summed E-state index contributed by atoms with van der Waals surface area (Å²) in [5, 5.41) is 0. The summed E-state index contributed by atoms with van der Waals surface area (Å²) < 4.78 is 11.2. The van der Waals surface area contributed by atoms with E-state index in [-0.39, 0.29) is 6.29 Å². The van der Waals surface area contributed by atoms with Crippen LogP contribution in [0, 0.1) is 0 Å². The first kappa shape index (κ1) is 11.0. The minimum atomic E-state index is 0.0698. The van der Waals surface area contributed by atoms with Gasteiger partial charge in [0.1, 0.15) is 0 Å². The highest BCUT2D eigenvalue weighted by molar-refractivity contribution is 4.63. The molecule has 1 heterocycles. The Labute approximate surface area is 81.6 Å². The van der Waals surface area contributed by atoms with Crippen LogP contribution in [0.15, 0.2) is 0 Å². The van der Waals surface area contributed by atoms with Crippen LogP contribution in [-0.4, -0.2) is 19.0 Å². The van der Waals surface area contributed by atoms with Crippen molar-refractivity contribution >= 4 is 0 Å². The SMILES string of the molecule is CCCCC[C@@H]1CCO[C@@H](CC)O1. The van der Waals surface area contributed by atoms with Gasteiger partial charge in [-0.05, 0) is 19.3 Å². The van der Waals surface area contributed by atoms with Crippen LogP contribution in [0.2, 0.25) is 0 Å². The van der Waals surface area contributed by atoms with E-state index in [1.54, 1.807) is 0 Å². The lowest BCUT2D eigenvalue weighted by Crippen LogP contribution is -2.31. The molecule has 1 aliphatic heterocycles. The summed E-state index contributed by atoms with van der Waals surface area (Å²) in [5.74, 6) is 0. The van der Waals surface area contributed by atoms with Crippen molar-refractivity contribution < 1.29 is 9.47 Å². The van der Waals surface area contributed by atoms with Crippen molar-refractivity contribution in [1.29, 1.82) is 0 Å². The Kier molecular flexibility index (Phi) is 5.40. The van der Waals surface area contributed by atoms with E-state index in [2.05, 4.69) is 13.8 Å². The molecule has 0 aromatic rings. The molecule has 0 unspecified atom stereocenters. The van der Waals surface area contributed by atoms with E-state index < -0.39 is 0 Å². The highest BCUT2D eigenvalue weighted by Crippen LogP contribution is 2.19. The van der Waals surface area contributed by atoms with Crippen molar-refractivity contribution in [3.05, 3.63) is 0 Å². The molecule has 0 spiro atoms. The maximum absolute atomic E-state index is 5.76. The summed E-state index contributed by atoms with van der Waals surface area (Å²) in [4.78, 5) is 0. The van der Waals surface area contributed by atoms with Gasteiger partial charge in [0.2, 0.25) is 0 Å². The molecule has 13 heavy (non-hydrogen) atoms. The molecule has 0 aliphatic carbocycles. The van der Waals surface area contributed by atoms with Gasteiger partial charge in [0, 0.05) is 0 Å². The topological polar surface area (TPSA) is 18.5 Å². The molecule has 0 N–H and O–H groups in total. The molecule has 1 rings (SSSR count). The molecule has 2 atom stereocenters. The summed E-state index contributed by atoms with van der Waals surface area (Å²) in [6, 6.07) is 0. The number of hydrogen-bond donors (Lipinski definition) is 0. The van der Waals surface area contributed by atoms with Gasteiger partial charge < -0.3 is 9.47 Å². The second kappa shape index (κ2) is 6.39. The Morgan fingerprint density at radius 1 is 1.23 bits per heavy atom. The number of ether oxygens (including phenoxy) is 2. The van der Waals surface area contributed by atoms with Crippen LogP contribution >= 0.6 is 0 Å². The third-order valence-corrected chi connectivity index (χ3v) is 2.55. The second-order valence-electron chi connectivity index (χ2n) is 3.75. The lowest BCUT2D eigenvalue weighted by molar-refractivity contribution is -0.214. The van der Waals surface area contributed by atoms with Crippen molar-refractivity contribution in [2.75, 3.05) is 6.61 Å². The fraction of sp³-hybridized carbons (Fsp3) is 1.00. The zero-order valence-corrected chi connectivity index (χ0v) is 8.92. The van der Waals surface area contributed by atoms with Crippen LogP contribution in [0.4, 0.5) is 0 Å². The zero-order valence-electron chi connectivity index (χ0n) is 8.92. The van der Waals surface area contributed by atoms with E-state index in [0.717, 1.165) is 19.4 Å². The predicted molar refractivity (Wildman–Crippen MR) is 53.7 cm³/mol.